The molecule has 0 aliphatic carbocycles. The van der Waals surface area contributed by atoms with Crippen molar-refractivity contribution in [1.29, 1.82) is 0 Å². The molecule has 0 saturated carbocycles. The Morgan fingerprint density at radius 1 is 1.29 bits per heavy atom. The second kappa shape index (κ2) is 4.42. The molecule has 76 valence electrons. The van der Waals surface area contributed by atoms with E-state index in [1.165, 1.54) is 0 Å². The van der Waals surface area contributed by atoms with E-state index in [-0.39, 0.29) is 0 Å². The number of benzene rings is 1. The van der Waals surface area contributed by atoms with E-state index in [9.17, 15) is 8.42 Å². The van der Waals surface area contributed by atoms with Crippen molar-refractivity contribution in [3.63, 3.8) is 0 Å². The predicted molar refractivity (Wildman–Crippen MR) is 57.7 cm³/mol. The molecule has 0 bridgehead atoms. The van der Waals surface area contributed by atoms with Gasteiger partial charge in [-0.25, -0.2) is 8.42 Å². The number of sulfone groups is 1. The van der Waals surface area contributed by atoms with Gasteiger partial charge in [0, 0.05) is 4.91 Å². The maximum atomic E-state index is 11.9. The third kappa shape index (κ3) is 2.04. The summed E-state index contributed by atoms with van der Waals surface area (Å²) in [5, 5.41) is 0. The molecule has 14 heavy (non-hydrogen) atoms. The normalized spacial score (nSPS) is 12.9. The average molecular weight is 210 g/mol. The van der Waals surface area contributed by atoms with Crippen LogP contribution in [0.15, 0.2) is 46.2 Å². The predicted octanol–water partition coefficient (Wildman–Crippen LogP) is 2.77. The Hall–Kier alpha value is -1.09. The topological polar surface area (TPSA) is 34.1 Å². The highest BCUT2D eigenvalue weighted by molar-refractivity contribution is 7.95. The molecule has 0 heterocycles. The van der Waals surface area contributed by atoms with Crippen molar-refractivity contribution in [2.24, 2.45) is 0 Å². The first-order valence-corrected chi connectivity index (χ1v) is 6.06. The SMILES string of the molecule is C/C=C(\CC)S(=O)(=O)c1ccccc1. The zero-order chi connectivity index (χ0) is 10.6. The van der Waals surface area contributed by atoms with E-state index >= 15 is 0 Å². The zero-order valence-electron chi connectivity index (χ0n) is 8.40. The van der Waals surface area contributed by atoms with E-state index in [4.69, 9.17) is 0 Å². The fourth-order valence-corrected chi connectivity index (χ4v) is 2.81. The third-order valence-electron chi connectivity index (χ3n) is 2.07. The van der Waals surface area contributed by atoms with Crippen LogP contribution in [0.5, 0.6) is 0 Å². The summed E-state index contributed by atoms with van der Waals surface area (Å²) >= 11 is 0. The molecule has 1 aromatic carbocycles. The molecule has 2 nitrogen and oxygen atoms in total. The summed E-state index contributed by atoms with van der Waals surface area (Å²) in [4.78, 5) is 0.846. The Bertz CT molecular complexity index is 416. The Balaban J connectivity index is 3.23. The summed E-state index contributed by atoms with van der Waals surface area (Å²) in [6, 6.07) is 8.51. The van der Waals surface area contributed by atoms with E-state index < -0.39 is 9.84 Å². The summed E-state index contributed by atoms with van der Waals surface area (Å²) in [6.45, 7) is 3.59. The molecule has 0 aliphatic rings. The van der Waals surface area contributed by atoms with Crippen molar-refractivity contribution in [2.45, 2.75) is 25.2 Å². The van der Waals surface area contributed by atoms with E-state index in [1.54, 1.807) is 43.3 Å². The van der Waals surface area contributed by atoms with Crippen molar-refractivity contribution in [1.82, 2.24) is 0 Å². The van der Waals surface area contributed by atoms with Crippen LogP contribution in [0.4, 0.5) is 0 Å². The Kier molecular flexibility index (Phi) is 3.47. The first kappa shape index (κ1) is 11.0. The highest BCUT2D eigenvalue weighted by Crippen LogP contribution is 2.20. The fraction of sp³-hybridized carbons (Fsp3) is 0.273. The molecule has 0 radical (unpaired) electrons. The van der Waals surface area contributed by atoms with Gasteiger partial charge in [-0.15, -0.1) is 0 Å². The summed E-state index contributed by atoms with van der Waals surface area (Å²) in [6.07, 6.45) is 2.19. The maximum Gasteiger partial charge on any atom is 0.202 e. The first-order chi connectivity index (χ1) is 6.62. The molecular weight excluding hydrogens is 196 g/mol. The number of rotatable bonds is 3. The number of hydrogen-bond donors (Lipinski definition) is 0. The molecule has 0 aliphatic heterocycles. The van der Waals surface area contributed by atoms with Crippen LogP contribution < -0.4 is 0 Å². The summed E-state index contributed by atoms with van der Waals surface area (Å²) < 4.78 is 23.9. The van der Waals surface area contributed by atoms with Gasteiger partial charge in [0.15, 0.2) is 0 Å². The molecule has 1 rings (SSSR count). The van der Waals surface area contributed by atoms with Gasteiger partial charge in [-0.1, -0.05) is 31.2 Å². The van der Waals surface area contributed by atoms with Crippen LogP contribution in [0.2, 0.25) is 0 Å². The van der Waals surface area contributed by atoms with Gasteiger partial charge in [-0.05, 0) is 25.5 Å². The molecule has 0 unspecified atom stereocenters. The third-order valence-corrected chi connectivity index (χ3v) is 4.18. The highest BCUT2D eigenvalue weighted by atomic mass is 32.2. The Morgan fingerprint density at radius 3 is 2.29 bits per heavy atom. The Morgan fingerprint density at radius 2 is 1.86 bits per heavy atom. The molecule has 3 heteroatoms. The Labute approximate surface area is 85.2 Å². The van der Waals surface area contributed by atoms with Gasteiger partial charge in [0.1, 0.15) is 0 Å². The van der Waals surface area contributed by atoms with Crippen molar-refractivity contribution in [3.05, 3.63) is 41.3 Å². The van der Waals surface area contributed by atoms with Crippen molar-refractivity contribution in [3.8, 4) is 0 Å². The minimum Gasteiger partial charge on any atom is -0.219 e. The number of hydrogen-bond acceptors (Lipinski definition) is 2. The monoisotopic (exact) mass is 210 g/mol. The molecule has 0 spiro atoms. The molecule has 0 fully saturated rings. The lowest BCUT2D eigenvalue weighted by molar-refractivity contribution is 0.600. The zero-order valence-corrected chi connectivity index (χ0v) is 9.21. The van der Waals surface area contributed by atoms with Crippen molar-refractivity contribution in [2.75, 3.05) is 0 Å². The summed E-state index contributed by atoms with van der Waals surface area (Å²) in [7, 11) is -3.24. The average Bonchev–Trinajstić information content (AvgIpc) is 2.20. The molecule has 0 aromatic heterocycles. The van der Waals surface area contributed by atoms with Crippen molar-refractivity contribution >= 4 is 9.84 Å². The standard InChI is InChI=1S/C11H14O2S/c1-3-10(4-2)14(12,13)11-8-6-5-7-9-11/h3,5-9H,4H2,1-2H3/b10-3+. The van der Waals surface area contributed by atoms with Crippen LogP contribution in [-0.2, 0) is 9.84 Å². The van der Waals surface area contributed by atoms with Crippen LogP contribution in [-0.4, -0.2) is 8.42 Å². The number of allylic oxidation sites excluding steroid dienone is 2. The highest BCUT2D eigenvalue weighted by Gasteiger charge is 2.17. The summed E-state index contributed by atoms with van der Waals surface area (Å²) in [5.74, 6) is 0. The smallest absolute Gasteiger partial charge is 0.202 e. The van der Waals surface area contributed by atoms with Crippen LogP contribution in [0.3, 0.4) is 0 Å². The fourth-order valence-electron chi connectivity index (χ4n) is 1.30. The molecule has 1 aromatic rings. The van der Waals surface area contributed by atoms with E-state index in [2.05, 4.69) is 0 Å². The van der Waals surface area contributed by atoms with Crippen LogP contribution >= 0.6 is 0 Å². The van der Waals surface area contributed by atoms with Gasteiger partial charge in [-0.2, -0.15) is 0 Å². The van der Waals surface area contributed by atoms with Gasteiger partial charge in [0.05, 0.1) is 4.90 Å². The minimum absolute atomic E-state index is 0.370. The van der Waals surface area contributed by atoms with E-state index in [1.807, 2.05) is 6.92 Å². The quantitative estimate of drug-likeness (QED) is 0.768. The summed E-state index contributed by atoms with van der Waals surface area (Å²) in [5.41, 5.74) is 0. The minimum atomic E-state index is -3.24. The first-order valence-electron chi connectivity index (χ1n) is 4.58. The van der Waals surface area contributed by atoms with E-state index in [0.29, 0.717) is 16.2 Å². The second-order valence-corrected chi connectivity index (χ2v) is 4.93. The lowest BCUT2D eigenvalue weighted by atomic mass is 10.4. The van der Waals surface area contributed by atoms with Gasteiger partial charge in [0.25, 0.3) is 0 Å². The van der Waals surface area contributed by atoms with E-state index in [0.717, 1.165) is 0 Å². The molecule has 0 saturated heterocycles. The lowest BCUT2D eigenvalue weighted by Gasteiger charge is -2.05. The lowest BCUT2D eigenvalue weighted by Crippen LogP contribution is -2.03. The van der Waals surface area contributed by atoms with Crippen LogP contribution in [0.25, 0.3) is 0 Å². The second-order valence-electron chi connectivity index (χ2n) is 2.93. The maximum absolute atomic E-state index is 11.9. The van der Waals surface area contributed by atoms with Gasteiger partial charge in [-0.3, -0.25) is 0 Å². The molecule has 0 atom stereocenters. The van der Waals surface area contributed by atoms with Crippen LogP contribution in [0, 0.1) is 0 Å². The largest absolute Gasteiger partial charge is 0.219 e. The van der Waals surface area contributed by atoms with Crippen molar-refractivity contribution < 1.29 is 8.42 Å². The van der Waals surface area contributed by atoms with Gasteiger partial charge in [0.2, 0.25) is 9.84 Å². The van der Waals surface area contributed by atoms with Crippen LogP contribution in [0.1, 0.15) is 20.3 Å². The molecular formula is C11H14O2S. The molecule has 0 N–H and O–H groups in total. The van der Waals surface area contributed by atoms with Gasteiger partial charge >= 0.3 is 0 Å². The van der Waals surface area contributed by atoms with Gasteiger partial charge < -0.3 is 0 Å². The molecule has 0 amide bonds.